The Morgan fingerprint density at radius 2 is 0.940 bits per heavy atom. The lowest BCUT2D eigenvalue weighted by Gasteiger charge is -2.20. The number of nitrogens with zero attached hydrogens (tertiary/aromatic N) is 3. The van der Waals surface area contributed by atoms with Crippen LogP contribution in [0.15, 0.2) is 174 Å². The molecule has 0 spiro atoms. The molecule has 8 aromatic rings. The first kappa shape index (κ1) is 104. The fourth-order valence-electron chi connectivity index (χ4n) is 11.5. The van der Waals surface area contributed by atoms with Crippen LogP contribution in [0.5, 0.6) is 17.2 Å². The van der Waals surface area contributed by atoms with E-state index in [0.717, 1.165) is 125 Å². The van der Waals surface area contributed by atoms with Crippen LogP contribution in [0.1, 0.15) is 225 Å². The summed E-state index contributed by atoms with van der Waals surface area (Å²) < 4.78 is 82.3. The van der Waals surface area contributed by atoms with E-state index in [-0.39, 0.29) is 71.4 Å². The van der Waals surface area contributed by atoms with Crippen molar-refractivity contribution in [1.82, 2.24) is 4.57 Å². The van der Waals surface area contributed by atoms with Crippen LogP contribution >= 0.6 is 0 Å². The Hall–Kier alpha value is -8.95. The summed E-state index contributed by atoms with van der Waals surface area (Å²) in [6.07, 6.45) is 9.86. The van der Waals surface area contributed by atoms with E-state index in [1.54, 1.807) is 69.3 Å². The maximum absolute atomic E-state index is 12.3. The highest BCUT2D eigenvalue weighted by atomic mass is 18.2. The molecule has 0 fully saturated rings. The third-order valence-electron chi connectivity index (χ3n) is 18.6. The SMILES string of the molecule is CC(=N)CCC(O)c1ccc(COCC[18F])cc1.CC(=N)CCCc1cccc(OCC[18F])c1.CC(C)C(O)c1cccc(OCC[18F])c1.CC(N)=NCc1ccc2c(ccn2CC[18F])c1.CC(N)=NCc1cccc(OCC[18F])c1.CCC(C)CCC(O)c1ccc(CO)c(CO)c1.CCCCC(C)C(O)c1ccc(CO)c(CO)c1. The van der Waals surface area contributed by atoms with Crippen molar-refractivity contribution in [2.75, 3.05) is 59.8 Å². The van der Waals surface area contributed by atoms with Crippen LogP contribution in [-0.2, 0) is 63.8 Å². The molecule has 0 saturated carbocycles. The summed E-state index contributed by atoms with van der Waals surface area (Å²) in [5.74, 6) is 4.10. The molecule has 0 aliphatic heterocycles. The van der Waals surface area contributed by atoms with Gasteiger partial charge in [-0.2, -0.15) is 0 Å². The Morgan fingerprint density at radius 3 is 1.44 bits per heavy atom. The maximum atomic E-state index is 12.3. The number of aromatic nitrogens is 1. The minimum Gasteiger partial charge on any atom is -0.491 e. The second-order valence-corrected chi connectivity index (χ2v) is 29.0. The van der Waals surface area contributed by atoms with E-state index in [1.807, 2.05) is 142 Å². The molecule has 6 unspecified atom stereocenters. The van der Waals surface area contributed by atoms with Crippen LogP contribution in [0.2, 0.25) is 0 Å². The highest BCUT2D eigenvalue weighted by Gasteiger charge is 2.19. The van der Waals surface area contributed by atoms with Crippen molar-refractivity contribution in [3.05, 3.63) is 231 Å². The molecule has 648 valence electrons. The number of nitrogens with one attached hydrogen (secondary N) is 2. The van der Waals surface area contributed by atoms with E-state index >= 15 is 0 Å². The topological polar surface area (TPSA) is 328 Å². The van der Waals surface area contributed by atoms with Gasteiger partial charge in [0, 0.05) is 23.1 Å². The number of fused-ring (bicyclic) bond motifs is 1. The summed E-state index contributed by atoms with van der Waals surface area (Å²) in [4.78, 5) is 8.25. The molecule has 0 aliphatic rings. The van der Waals surface area contributed by atoms with Crippen LogP contribution in [0.4, 0.5) is 22.0 Å². The highest BCUT2D eigenvalue weighted by Crippen LogP contribution is 2.30. The van der Waals surface area contributed by atoms with Crippen molar-refractivity contribution >= 4 is 34.0 Å². The zero-order valence-electron chi connectivity index (χ0n) is 70.5. The van der Waals surface area contributed by atoms with Crippen LogP contribution in [0, 0.1) is 28.6 Å². The predicted octanol–water partition coefficient (Wildman–Crippen LogP) is 18.6. The fraction of sp³-hybridized carbons (Fsp3) is 0.484. The van der Waals surface area contributed by atoms with Gasteiger partial charge in [0.05, 0.1) is 95.4 Å². The number of nitrogens with two attached hydrogens (primary N) is 2. The van der Waals surface area contributed by atoms with Gasteiger partial charge in [-0.3, -0.25) is 9.98 Å². The summed E-state index contributed by atoms with van der Waals surface area (Å²) in [5.41, 5.74) is 23.6. The normalized spacial score (nSPS) is 12.6. The number of aliphatic imine (C=N–C) groups is 2. The number of hydrogen-bond acceptors (Lipinski definition) is 16. The standard InChI is InChI=1S/2C15H24O3.C14H20FNO2.C13H16FN3.C13H18FNO.C12H17FO2.C11H15FN2O/c1-3-11(2)4-7-15(18)12-5-6-13(9-16)14(8-12)10-17;1-3-4-5-11(2)15(18)12-6-7-13(9-16)14(8-12)10-17;1-11(16)2-7-14(17)13-5-3-12(4-6-13)10-18-9-8-15;1-10(15)16-9-11-2-3-13-12(8-11)4-6-17(13)7-5-14;1-11(15)4-2-5-12-6-3-7-13(10-12)16-9-8-14;1-9(2)12(14)10-4-3-5-11(8-10)15-7-6-13;1-9(13)14-8-10-3-2-4-11(7-10)15-6-5-12/h5-6,8,11,15-18H,3-4,7,9-10H2,1-2H3;6-8,11,15-18H,3-5,9-10H2,1-2H3;3-6,14,16-17H,2,7-10H2,1H3;2-4,6,8H,5,7,9H2,1H3,(H2,15,16);3,6-7,10,15H,2,4-5,8-9H2,1H3;3-5,8-9,12,14H,6-7H2,1-2H3;2-4,7H,5-6,8H2,1H3,(H2,13,14)/i;;15-1;2*14-1;13-1;12-1. The lowest BCUT2D eigenvalue weighted by molar-refractivity contribution is 0.106. The van der Waals surface area contributed by atoms with Crippen LogP contribution in [0.25, 0.3) is 10.9 Å². The van der Waals surface area contributed by atoms with Crippen molar-refractivity contribution in [2.45, 2.75) is 217 Å². The number of aliphatic hydroxyl groups excluding tert-OH is 8. The van der Waals surface area contributed by atoms with Crippen LogP contribution in [0.3, 0.4) is 0 Å². The third kappa shape index (κ3) is 44.4. The Labute approximate surface area is 691 Å². The van der Waals surface area contributed by atoms with Gasteiger partial charge in [-0.15, -0.1) is 0 Å². The lowest BCUT2D eigenvalue weighted by Crippen LogP contribution is -2.10. The van der Waals surface area contributed by atoms with Gasteiger partial charge in [-0.1, -0.05) is 164 Å². The number of unbranched alkanes of at least 4 members (excludes halogenated alkanes) is 1. The lowest BCUT2D eigenvalue weighted by atomic mass is 9.91. The van der Waals surface area contributed by atoms with Gasteiger partial charge in [0.1, 0.15) is 70.4 Å². The molecule has 7 aromatic carbocycles. The summed E-state index contributed by atoms with van der Waals surface area (Å²) in [7, 11) is 0. The zero-order valence-corrected chi connectivity index (χ0v) is 70.5. The van der Waals surface area contributed by atoms with Gasteiger partial charge in [0.15, 0.2) is 0 Å². The number of hydrogen-bond donors (Lipinski definition) is 12. The van der Waals surface area contributed by atoms with Crippen molar-refractivity contribution in [2.24, 2.45) is 39.2 Å². The molecule has 14 N–H and O–H groups in total. The van der Waals surface area contributed by atoms with Gasteiger partial charge in [-0.25, -0.2) is 22.0 Å². The Bertz CT molecular complexity index is 4050. The maximum Gasteiger partial charge on any atom is 0.123 e. The van der Waals surface area contributed by atoms with E-state index in [2.05, 4.69) is 36.8 Å². The molecule has 0 saturated heterocycles. The molecule has 0 aliphatic carbocycles. The summed E-state index contributed by atoms with van der Waals surface area (Å²) >= 11 is 0. The van der Waals surface area contributed by atoms with Crippen molar-refractivity contribution in [1.29, 1.82) is 10.8 Å². The molecule has 19 nitrogen and oxygen atoms in total. The number of benzene rings is 7. The van der Waals surface area contributed by atoms with Crippen LogP contribution in [-0.4, -0.2) is 128 Å². The molecule has 0 bridgehead atoms. The number of alkyl halides is 5. The molecule has 6 atom stereocenters. The predicted molar refractivity (Wildman–Crippen MR) is 463 cm³/mol. The average Bonchev–Trinajstić information content (AvgIpc) is 1.76. The molecule has 8 rings (SSSR count). The monoisotopic (exact) mass is 1630 g/mol. The zero-order chi connectivity index (χ0) is 86.9. The second-order valence-electron chi connectivity index (χ2n) is 29.0. The van der Waals surface area contributed by atoms with Gasteiger partial charge in [0.25, 0.3) is 0 Å². The fourth-order valence-corrected chi connectivity index (χ4v) is 11.5. The first-order chi connectivity index (χ1) is 56.2. The molecule has 117 heavy (non-hydrogen) atoms. The minimum atomic E-state index is -0.536. The van der Waals surface area contributed by atoms with E-state index < -0.39 is 51.1 Å². The summed E-state index contributed by atoms with van der Waals surface area (Å²) in [6.45, 7) is 19.1. The van der Waals surface area contributed by atoms with Crippen molar-refractivity contribution in [3.63, 3.8) is 0 Å². The summed E-state index contributed by atoms with van der Waals surface area (Å²) in [6, 6.07) is 48.5. The number of ether oxygens (including phenoxy) is 4. The Balaban J connectivity index is 0.000000463. The van der Waals surface area contributed by atoms with Gasteiger partial charge in [0.2, 0.25) is 0 Å². The second kappa shape index (κ2) is 62.3. The molecule has 1 heterocycles. The molecule has 0 radical (unpaired) electrons. The Kier molecular flexibility index (Phi) is 55.4. The van der Waals surface area contributed by atoms with E-state index in [0.29, 0.717) is 90.7 Å². The number of amidine groups is 2. The number of aliphatic hydroxyl groups is 8. The molecule has 0 amide bonds. The molecular formula is C93H134F5N7O12. The molecular weight excluding hydrogens is 1500 g/mol. The number of aryl methyl sites for hydroxylation is 2. The number of halogens is 5. The highest BCUT2D eigenvalue weighted by molar-refractivity contribution is 5.81. The van der Waals surface area contributed by atoms with Crippen molar-refractivity contribution in [3.8, 4) is 17.2 Å². The first-order valence-electron chi connectivity index (χ1n) is 40.4. The smallest absolute Gasteiger partial charge is 0.123 e. The average molecular weight is 1630 g/mol. The van der Waals surface area contributed by atoms with Gasteiger partial charge >= 0.3 is 0 Å². The Morgan fingerprint density at radius 1 is 0.462 bits per heavy atom. The number of rotatable bonds is 43. The van der Waals surface area contributed by atoms with E-state index in [4.69, 9.17) is 51.4 Å². The first-order valence-corrected chi connectivity index (χ1v) is 40.4. The third-order valence-corrected chi connectivity index (χ3v) is 18.6. The quantitative estimate of drug-likeness (QED) is 0.00732. The molecule has 1 aromatic heterocycles. The minimum absolute atomic E-state index is 0.0568. The summed E-state index contributed by atoms with van der Waals surface area (Å²) in [5, 5.41) is 92.5. The van der Waals surface area contributed by atoms with Crippen molar-refractivity contribution < 1.29 is 81.8 Å². The largest absolute Gasteiger partial charge is 0.491 e. The van der Waals surface area contributed by atoms with E-state index in [1.165, 1.54) is 5.56 Å². The van der Waals surface area contributed by atoms with Gasteiger partial charge < -0.3 is 86.7 Å². The van der Waals surface area contributed by atoms with E-state index in [9.17, 15) is 52.6 Å². The molecule has 24 heteroatoms. The van der Waals surface area contributed by atoms with Crippen LogP contribution < -0.4 is 25.7 Å². The van der Waals surface area contributed by atoms with Gasteiger partial charge in [-0.05, 0) is 224 Å².